The molecule has 7 aromatic rings. The summed E-state index contributed by atoms with van der Waals surface area (Å²) in [5.41, 5.74) is 18.8. The molecule has 1 heterocycles. The molecule has 2 aliphatic carbocycles. The fourth-order valence-corrected chi connectivity index (χ4v) is 9.46. The number of benzene rings is 7. The maximum absolute atomic E-state index is 3.81. The van der Waals surface area contributed by atoms with Crippen LogP contribution in [0.4, 0.5) is 28.4 Å². The Morgan fingerprint density at radius 3 is 2.12 bits per heavy atom. The third-order valence-electron chi connectivity index (χ3n) is 12.5. The molecular weight excluding hydrogens is 701 g/mol. The molecule has 3 aliphatic rings. The molecule has 2 heteroatoms. The molecule has 0 saturated heterocycles. The van der Waals surface area contributed by atoms with Crippen LogP contribution in [0.1, 0.15) is 55.0 Å². The van der Waals surface area contributed by atoms with Crippen molar-refractivity contribution < 1.29 is 0 Å². The SMILES string of the molecule is C=C/C=C\C=C(/C)c1ccc(N(c2ccc(C3=CCC4C(=C3)c3ccccc3N4c3ccc4ccccc4c3)cc2)c2ccc3c(c2)C(C)(C)c2ccccc2-3)cc1. The molecule has 0 radical (unpaired) electrons. The highest BCUT2D eigenvalue weighted by molar-refractivity contribution is 6.00. The molecule has 0 fully saturated rings. The Balaban J connectivity index is 1.01. The topological polar surface area (TPSA) is 6.48 Å². The summed E-state index contributed by atoms with van der Waals surface area (Å²) in [5.74, 6) is 0. The van der Waals surface area contributed by atoms with Gasteiger partial charge in [-0.1, -0.05) is 154 Å². The van der Waals surface area contributed by atoms with Crippen LogP contribution >= 0.6 is 0 Å². The molecular formula is C56H46N2. The maximum atomic E-state index is 3.81. The zero-order valence-corrected chi connectivity index (χ0v) is 33.4. The number of nitrogens with zero attached hydrogens (tertiary/aromatic N) is 2. The maximum Gasteiger partial charge on any atom is 0.0633 e. The number of allylic oxidation sites excluding steroid dienone is 7. The van der Waals surface area contributed by atoms with Gasteiger partial charge in [0.05, 0.1) is 6.04 Å². The standard InChI is InChI=1S/C56H46N2/c1-5-6-7-14-38(2)39-21-27-44(28-22-39)57(47-32-33-49-48-17-10-12-19-52(48)56(3,4)53(49)37-47)45-29-23-41(24-30-45)43-26-34-55-51(36-43)50-18-11-13-20-54(50)58(55)46-31-25-40-15-8-9-16-42(40)35-46/h5-33,35-37,55H,1,34H2,2-4H3/b7-6-,38-14+. The van der Waals surface area contributed by atoms with Crippen molar-refractivity contribution in [3.63, 3.8) is 0 Å². The monoisotopic (exact) mass is 746 g/mol. The van der Waals surface area contributed by atoms with Gasteiger partial charge in [0.1, 0.15) is 0 Å². The van der Waals surface area contributed by atoms with Gasteiger partial charge in [-0.05, 0) is 135 Å². The van der Waals surface area contributed by atoms with Crippen molar-refractivity contribution in [2.24, 2.45) is 0 Å². The highest BCUT2D eigenvalue weighted by atomic mass is 15.2. The summed E-state index contributed by atoms with van der Waals surface area (Å²) in [4.78, 5) is 4.95. The van der Waals surface area contributed by atoms with Crippen molar-refractivity contribution >= 4 is 55.9 Å². The van der Waals surface area contributed by atoms with Crippen LogP contribution in [0.3, 0.4) is 0 Å². The van der Waals surface area contributed by atoms with Gasteiger partial charge in [-0.25, -0.2) is 0 Å². The Hall–Kier alpha value is -6.90. The van der Waals surface area contributed by atoms with Crippen LogP contribution in [0.15, 0.2) is 201 Å². The van der Waals surface area contributed by atoms with Crippen LogP contribution in [-0.4, -0.2) is 6.04 Å². The Bertz CT molecular complexity index is 2860. The Morgan fingerprint density at radius 2 is 1.33 bits per heavy atom. The molecule has 0 saturated carbocycles. The van der Waals surface area contributed by atoms with Gasteiger partial charge in [-0.2, -0.15) is 0 Å². The van der Waals surface area contributed by atoms with Crippen molar-refractivity contribution in [2.75, 3.05) is 9.80 Å². The van der Waals surface area contributed by atoms with Gasteiger partial charge < -0.3 is 9.80 Å². The summed E-state index contributed by atoms with van der Waals surface area (Å²) in [7, 11) is 0. The highest BCUT2D eigenvalue weighted by Gasteiger charge is 2.37. The van der Waals surface area contributed by atoms with Crippen molar-refractivity contribution in [1.82, 2.24) is 0 Å². The van der Waals surface area contributed by atoms with Gasteiger partial charge >= 0.3 is 0 Å². The van der Waals surface area contributed by atoms with Crippen molar-refractivity contribution in [3.05, 3.63) is 229 Å². The lowest BCUT2D eigenvalue weighted by atomic mass is 9.82. The molecule has 280 valence electrons. The predicted molar refractivity (Wildman–Crippen MR) is 249 cm³/mol. The number of anilines is 5. The molecule has 0 N–H and O–H groups in total. The predicted octanol–water partition coefficient (Wildman–Crippen LogP) is 15.2. The second-order valence-corrected chi connectivity index (χ2v) is 16.2. The Morgan fingerprint density at radius 1 is 0.655 bits per heavy atom. The third kappa shape index (κ3) is 5.96. The minimum atomic E-state index is -0.0935. The molecule has 58 heavy (non-hydrogen) atoms. The molecule has 7 aromatic carbocycles. The van der Waals surface area contributed by atoms with Crippen LogP contribution < -0.4 is 9.80 Å². The summed E-state index contributed by atoms with van der Waals surface area (Å²) in [6.45, 7) is 10.7. The van der Waals surface area contributed by atoms with Crippen LogP contribution in [-0.2, 0) is 5.41 Å². The van der Waals surface area contributed by atoms with Crippen molar-refractivity contribution in [2.45, 2.75) is 38.6 Å². The summed E-state index contributed by atoms with van der Waals surface area (Å²) >= 11 is 0. The first-order chi connectivity index (χ1) is 28.4. The second kappa shape index (κ2) is 14.2. The second-order valence-electron chi connectivity index (χ2n) is 16.2. The third-order valence-corrected chi connectivity index (χ3v) is 12.5. The van der Waals surface area contributed by atoms with Gasteiger partial charge in [0.2, 0.25) is 0 Å². The van der Waals surface area contributed by atoms with Gasteiger partial charge in [-0.15, -0.1) is 0 Å². The van der Waals surface area contributed by atoms with E-state index in [1.165, 1.54) is 77.8 Å². The highest BCUT2D eigenvalue weighted by Crippen LogP contribution is 2.52. The average molecular weight is 747 g/mol. The number of rotatable bonds is 8. The van der Waals surface area contributed by atoms with E-state index in [0.717, 1.165) is 23.5 Å². The minimum absolute atomic E-state index is 0.0935. The van der Waals surface area contributed by atoms with Crippen LogP contribution in [0.2, 0.25) is 0 Å². The summed E-state index contributed by atoms with van der Waals surface area (Å²) in [6.07, 6.45) is 13.7. The molecule has 0 spiro atoms. The van der Waals surface area contributed by atoms with E-state index in [1.54, 1.807) is 6.08 Å². The molecule has 10 rings (SSSR count). The number of hydrogen-bond acceptors (Lipinski definition) is 2. The van der Waals surface area contributed by atoms with E-state index in [2.05, 4.69) is 213 Å². The fraction of sp³-hybridized carbons (Fsp3) is 0.107. The molecule has 1 aliphatic heterocycles. The van der Waals surface area contributed by atoms with Gasteiger partial charge in [0, 0.05) is 39.4 Å². The minimum Gasteiger partial charge on any atom is -0.333 e. The summed E-state index contributed by atoms with van der Waals surface area (Å²) in [5, 5.41) is 2.54. The van der Waals surface area contributed by atoms with E-state index < -0.39 is 0 Å². The summed E-state index contributed by atoms with van der Waals surface area (Å²) in [6, 6.07) is 58.7. The van der Waals surface area contributed by atoms with E-state index in [1.807, 2.05) is 12.2 Å². The van der Waals surface area contributed by atoms with E-state index in [4.69, 9.17) is 0 Å². The molecule has 1 atom stereocenters. The fourth-order valence-electron chi connectivity index (χ4n) is 9.46. The Labute approximate surface area is 342 Å². The van der Waals surface area contributed by atoms with Crippen molar-refractivity contribution in [3.8, 4) is 11.1 Å². The quantitative estimate of drug-likeness (QED) is 0.143. The first kappa shape index (κ1) is 35.5. The summed E-state index contributed by atoms with van der Waals surface area (Å²) < 4.78 is 0. The van der Waals surface area contributed by atoms with E-state index in [-0.39, 0.29) is 11.5 Å². The lowest BCUT2D eigenvalue weighted by molar-refractivity contribution is 0.660. The molecule has 0 amide bonds. The average Bonchev–Trinajstić information content (AvgIpc) is 3.72. The lowest BCUT2D eigenvalue weighted by Crippen LogP contribution is -2.27. The van der Waals surface area contributed by atoms with E-state index in [9.17, 15) is 0 Å². The molecule has 0 bridgehead atoms. The molecule has 2 nitrogen and oxygen atoms in total. The smallest absolute Gasteiger partial charge is 0.0633 e. The molecule has 1 unspecified atom stereocenters. The first-order valence-electron chi connectivity index (χ1n) is 20.4. The number of fused-ring (bicyclic) bond motifs is 7. The van der Waals surface area contributed by atoms with Gasteiger partial charge in [-0.3, -0.25) is 0 Å². The lowest BCUT2D eigenvalue weighted by Gasteiger charge is -2.30. The largest absolute Gasteiger partial charge is 0.333 e. The van der Waals surface area contributed by atoms with Gasteiger partial charge in [0.15, 0.2) is 0 Å². The van der Waals surface area contributed by atoms with Crippen LogP contribution in [0.5, 0.6) is 0 Å². The number of para-hydroxylation sites is 1. The van der Waals surface area contributed by atoms with Crippen LogP contribution in [0.25, 0.3) is 38.6 Å². The van der Waals surface area contributed by atoms with Gasteiger partial charge in [0.25, 0.3) is 0 Å². The van der Waals surface area contributed by atoms with E-state index in [0.29, 0.717) is 0 Å². The first-order valence-corrected chi connectivity index (χ1v) is 20.4. The molecule has 0 aromatic heterocycles. The zero-order valence-electron chi connectivity index (χ0n) is 33.4. The van der Waals surface area contributed by atoms with Crippen LogP contribution in [0, 0.1) is 0 Å². The van der Waals surface area contributed by atoms with E-state index >= 15 is 0 Å². The van der Waals surface area contributed by atoms with Crippen molar-refractivity contribution in [1.29, 1.82) is 0 Å². The Kier molecular flexibility index (Phi) is 8.72. The normalized spacial score (nSPS) is 16.4. The number of hydrogen-bond donors (Lipinski definition) is 0. The zero-order chi connectivity index (χ0) is 39.4.